The Morgan fingerprint density at radius 2 is 1.65 bits per heavy atom. The highest BCUT2D eigenvalue weighted by molar-refractivity contribution is 6.03. The Balaban J connectivity index is 1.90. The zero-order chi connectivity index (χ0) is 16.7. The third-order valence-corrected chi connectivity index (χ3v) is 3.69. The Morgan fingerprint density at radius 3 is 2.30 bits per heavy atom. The number of esters is 1. The highest BCUT2D eigenvalue weighted by Gasteiger charge is 2.24. The molecule has 6 nitrogen and oxygen atoms in total. The second-order valence-electron chi connectivity index (χ2n) is 5.46. The summed E-state index contributed by atoms with van der Waals surface area (Å²) in [5.41, 5.74) is -0.144. The molecular formula is C17H22O6. The van der Waals surface area contributed by atoms with E-state index in [0.717, 1.165) is 19.3 Å². The molecule has 0 bridgehead atoms. The van der Waals surface area contributed by atoms with Gasteiger partial charge in [-0.3, -0.25) is 0 Å². The van der Waals surface area contributed by atoms with Crippen molar-refractivity contribution in [2.24, 2.45) is 0 Å². The summed E-state index contributed by atoms with van der Waals surface area (Å²) in [6.45, 7) is 2.47. The Morgan fingerprint density at radius 1 is 1.04 bits per heavy atom. The van der Waals surface area contributed by atoms with Crippen LogP contribution in [0.25, 0.3) is 0 Å². The number of ether oxygens (including phenoxy) is 3. The molecule has 0 spiro atoms. The monoisotopic (exact) mass is 322 g/mol. The molecule has 1 heterocycles. The lowest BCUT2D eigenvalue weighted by Gasteiger charge is -2.08. The molecule has 1 aromatic carbocycles. The summed E-state index contributed by atoms with van der Waals surface area (Å²) in [5.74, 6) is -1.15. The zero-order valence-corrected chi connectivity index (χ0v) is 13.3. The van der Waals surface area contributed by atoms with Gasteiger partial charge in [-0.25, -0.2) is 9.59 Å². The SMILES string of the molecule is CCCCCCCCOC(=O)c1cc2c(cc1C(=O)O)OCO2. The van der Waals surface area contributed by atoms with Crippen LogP contribution >= 0.6 is 0 Å². The Bertz CT molecular complexity index is 566. The van der Waals surface area contributed by atoms with Crippen molar-refractivity contribution in [2.45, 2.75) is 45.4 Å². The Labute approximate surface area is 135 Å². The summed E-state index contributed by atoms with van der Waals surface area (Å²) in [7, 11) is 0. The molecule has 6 heteroatoms. The van der Waals surface area contributed by atoms with Crippen LogP contribution in [0.4, 0.5) is 0 Å². The van der Waals surface area contributed by atoms with Gasteiger partial charge in [-0.1, -0.05) is 39.0 Å². The third-order valence-electron chi connectivity index (χ3n) is 3.69. The van der Waals surface area contributed by atoms with E-state index in [-0.39, 0.29) is 17.9 Å². The van der Waals surface area contributed by atoms with Crippen molar-refractivity contribution in [3.05, 3.63) is 23.3 Å². The highest BCUT2D eigenvalue weighted by atomic mass is 16.7. The fourth-order valence-electron chi connectivity index (χ4n) is 2.41. The van der Waals surface area contributed by atoms with Crippen LogP contribution in [0, 0.1) is 0 Å². The van der Waals surface area contributed by atoms with Crippen LogP contribution in [-0.2, 0) is 4.74 Å². The molecule has 1 aliphatic heterocycles. The van der Waals surface area contributed by atoms with Gasteiger partial charge < -0.3 is 19.3 Å². The van der Waals surface area contributed by atoms with E-state index in [9.17, 15) is 14.7 Å². The van der Waals surface area contributed by atoms with Gasteiger partial charge in [0.1, 0.15) is 0 Å². The maximum atomic E-state index is 12.1. The van der Waals surface area contributed by atoms with Crippen molar-refractivity contribution in [1.29, 1.82) is 0 Å². The fourth-order valence-corrected chi connectivity index (χ4v) is 2.41. The number of carbonyl (C=O) groups excluding carboxylic acids is 1. The lowest BCUT2D eigenvalue weighted by Crippen LogP contribution is -2.12. The number of carboxylic acid groups (broad SMARTS) is 1. The lowest BCUT2D eigenvalue weighted by molar-refractivity contribution is 0.0487. The number of carboxylic acids is 1. The summed E-state index contributed by atoms with van der Waals surface area (Å²) in [5, 5.41) is 9.23. The van der Waals surface area contributed by atoms with E-state index in [4.69, 9.17) is 14.2 Å². The number of fused-ring (bicyclic) bond motifs is 1. The molecule has 23 heavy (non-hydrogen) atoms. The molecule has 126 valence electrons. The number of aromatic carboxylic acids is 1. The van der Waals surface area contributed by atoms with E-state index in [0.29, 0.717) is 18.1 Å². The summed E-state index contributed by atoms with van der Waals surface area (Å²) < 4.78 is 15.5. The largest absolute Gasteiger partial charge is 0.478 e. The van der Waals surface area contributed by atoms with E-state index in [1.165, 1.54) is 31.4 Å². The van der Waals surface area contributed by atoms with Crippen LogP contribution in [0.15, 0.2) is 12.1 Å². The van der Waals surface area contributed by atoms with E-state index < -0.39 is 11.9 Å². The first-order valence-corrected chi connectivity index (χ1v) is 7.97. The second kappa shape index (κ2) is 8.41. The Hall–Kier alpha value is -2.24. The molecule has 0 radical (unpaired) electrons. The number of unbranched alkanes of at least 4 members (excludes halogenated alkanes) is 5. The first-order valence-electron chi connectivity index (χ1n) is 7.97. The van der Waals surface area contributed by atoms with Crippen LogP contribution in [0.5, 0.6) is 11.5 Å². The predicted octanol–water partition coefficient (Wildman–Crippen LogP) is 3.63. The van der Waals surface area contributed by atoms with Crippen molar-refractivity contribution in [2.75, 3.05) is 13.4 Å². The third kappa shape index (κ3) is 4.61. The molecule has 0 saturated heterocycles. The normalized spacial score (nSPS) is 12.2. The standard InChI is InChI=1S/C17H22O6/c1-2-3-4-5-6-7-8-21-17(20)13-10-15-14(22-11-23-15)9-12(13)16(18)19/h9-10H,2-8,11H2,1H3,(H,18,19). The van der Waals surface area contributed by atoms with Gasteiger partial charge in [0.05, 0.1) is 17.7 Å². The first kappa shape index (κ1) is 17.1. The molecular weight excluding hydrogens is 300 g/mol. The number of hydrogen-bond donors (Lipinski definition) is 1. The van der Waals surface area contributed by atoms with E-state index in [2.05, 4.69) is 6.92 Å². The minimum absolute atomic E-state index is 0.00673. The van der Waals surface area contributed by atoms with E-state index in [1.807, 2.05) is 0 Å². The van der Waals surface area contributed by atoms with E-state index >= 15 is 0 Å². The van der Waals surface area contributed by atoms with Gasteiger partial charge in [0.2, 0.25) is 6.79 Å². The first-order chi connectivity index (χ1) is 11.1. The van der Waals surface area contributed by atoms with Crippen LogP contribution in [-0.4, -0.2) is 30.4 Å². The summed E-state index contributed by atoms with van der Waals surface area (Å²) in [6.07, 6.45) is 6.50. The summed E-state index contributed by atoms with van der Waals surface area (Å²) in [4.78, 5) is 23.4. The van der Waals surface area contributed by atoms with Gasteiger partial charge in [-0.05, 0) is 18.6 Å². The van der Waals surface area contributed by atoms with Crippen molar-refractivity contribution in [3.8, 4) is 11.5 Å². The molecule has 0 aliphatic carbocycles. The quantitative estimate of drug-likeness (QED) is 0.552. The van der Waals surface area contributed by atoms with Crippen molar-refractivity contribution in [3.63, 3.8) is 0 Å². The molecule has 0 saturated carbocycles. The van der Waals surface area contributed by atoms with Gasteiger partial charge in [0.25, 0.3) is 0 Å². The average molecular weight is 322 g/mol. The number of hydrogen-bond acceptors (Lipinski definition) is 5. The zero-order valence-electron chi connectivity index (χ0n) is 13.3. The Kier molecular flexibility index (Phi) is 6.26. The van der Waals surface area contributed by atoms with Crippen LogP contribution in [0.1, 0.15) is 66.2 Å². The van der Waals surface area contributed by atoms with Gasteiger partial charge in [-0.2, -0.15) is 0 Å². The smallest absolute Gasteiger partial charge is 0.339 e. The van der Waals surface area contributed by atoms with Crippen LogP contribution in [0.2, 0.25) is 0 Å². The van der Waals surface area contributed by atoms with E-state index in [1.54, 1.807) is 0 Å². The maximum absolute atomic E-state index is 12.1. The second-order valence-corrected chi connectivity index (χ2v) is 5.46. The number of benzene rings is 1. The number of rotatable bonds is 9. The molecule has 1 aliphatic rings. The molecule has 2 rings (SSSR count). The van der Waals surface area contributed by atoms with Crippen LogP contribution < -0.4 is 9.47 Å². The van der Waals surface area contributed by atoms with Gasteiger partial charge in [-0.15, -0.1) is 0 Å². The minimum atomic E-state index is -1.20. The average Bonchev–Trinajstić information content (AvgIpc) is 3.00. The molecule has 0 atom stereocenters. The van der Waals surface area contributed by atoms with Crippen molar-refractivity contribution < 1.29 is 28.9 Å². The van der Waals surface area contributed by atoms with Crippen molar-refractivity contribution >= 4 is 11.9 Å². The summed E-state index contributed by atoms with van der Waals surface area (Å²) in [6, 6.07) is 2.67. The predicted molar refractivity (Wildman–Crippen MR) is 83.2 cm³/mol. The fraction of sp³-hybridized carbons (Fsp3) is 0.529. The molecule has 1 aromatic rings. The lowest BCUT2D eigenvalue weighted by atomic mass is 10.1. The minimum Gasteiger partial charge on any atom is -0.478 e. The molecule has 0 unspecified atom stereocenters. The van der Waals surface area contributed by atoms with Gasteiger partial charge >= 0.3 is 11.9 Å². The molecule has 0 amide bonds. The highest BCUT2D eigenvalue weighted by Crippen LogP contribution is 2.35. The summed E-state index contributed by atoms with van der Waals surface area (Å²) >= 11 is 0. The van der Waals surface area contributed by atoms with Crippen LogP contribution in [0.3, 0.4) is 0 Å². The topological polar surface area (TPSA) is 82.1 Å². The van der Waals surface area contributed by atoms with Crippen molar-refractivity contribution in [1.82, 2.24) is 0 Å². The molecule has 0 aromatic heterocycles. The number of carbonyl (C=O) groups is 2. The van der Waals surface area contributed by atoms with Gasteiger partial charge in [0.15, 0.2) is 11.5 Å². The molecule has 1 N–H and O–H groups in total. The maximum Gasteiger partial charge on any atom is 0.339 e. The van der Waals surface area contributed by atoms with Gasteiger partial charge in [0, 0.05) is 0 Å². The molecule has 0 fully saturated rings.